The Kier molecular flexibility index (Phi) is 4.71. The summed E-state index contributed by atoms with van der Waals surface area (Å²) in [7, 11) is 0. The monoisotopic (exact) mass is 179 g/mol. The van der Waals surface area contributed by atoms with Crippen molar-refractivity contribution in [2.45, 2.75) is 40.2 Å². The number of benzene rings is 1. The van der Waals surface area contributed by atoms with Gasteiger partial charge in [0.05, 0.1) is 0 Å². The summed E-state index contributed by atoms with van der Waals surface area (Å²) >= 11 is 0. The molecule has 2 rings (SSSR count). The van der Waals surface area contributed by atoms with Crippen molar-refractivity contribution in [1.82, 2.24) is 0 Å². The molecule has 74 valence electrons. The molecule has 13 heavy (non-hydrogen) atoms. The first-order valence-corrected chi connectivity index (χ1v) is 4.21. The molecular formula is C12H21N. The van der Waals surface area contributed by atoms with Gasteiger partial charge in [-0.1, -0.05) is 39.1 Å². The zero-order valence-electron chi connectivity index (χ0n) is 6.59. The Hall–Kier alpha value is -0.820. The summed E-state index contributed by atoms with van der Waals surface area (Å²) in [5.74, 6) is 0. The standard InChI is InChI=1S/C10H13N.2CH4/c11-10-7-3-5-8-4-1-2-6-9(8)10;;/h1-2,4,6,10H,3,5,7,11H2;2*1H4. The Morgan fingerprint density at radius 3 is 2.54 bits per heavy atom. The van der Waals surface area contributed by atoms with Crippen LogP contribution in [0.4, 0.5) is 0 Å². The predicted octanol–water partition coefficient (Wildman–Crippen LogP) is 3.29. The second-order valence-corrected chi connectivity index (χ2v) is 3.20. The first-order valence-electron chi connectivity index (χ1n) is 4.21. The van der Waals surface area contributed by atoms with E-state index in [1.165, 1.54) is 24.0 Å². The molecule has 0 spiro atoms. The van der Waals surface area contributed by atoms with Gasteiger partial charge in [-0.15, -0.1) is 0 Å². The zero-order chi connectivity index (χ0) is 7.68. The molecule has 0 radical (unpaired) electrons. The first-order chi connectivity index (χ1) is 5.38. The molecular weight excluding hydrogens is 158 g/mol. The van der Waals surface area contributed by atoms with Crippen molar-refractivity contribution in [3.63, 3.8) is 0 Å². The Morgan fingerprint density at radius 1 is 1.15 bits per heavy atom. The van der Waals surface area contributed by atoms with Gasteiger partial charge >= 0.3 is 0 Å². The molecule has 1 nitrogen and oxygen atoms in total. The van der Waals surface area contributed by atoms with Crippen molar-refractivity contribution in [2.75, 3.05) is 0 Å². The third-order valence-electron chi connectivity index (χ3n) is 2.42. The van der Waals surface area contributed by atoms with E-state index in [2.05, 4.69) is 24.3 Å². The van der Waals surface area contributed by atoms with Crippen LogP contribution in [0.2, 0.25) is 0 Å². The van der Waals surface area contributed by atoms with E-state index in [0.29, 0.717) is 6.04 Å². The van der Waals surface area contributed by atoms with Crippen molar-refractivity contribution in [2.24, 2.45) is 5.73 Å². The summed E-state index contributed by atoms with van der Waals surface area (Å²) in [6, 6.07) is 8.80. The van der Waals surface area contributed by atoms with Crippen molar-refractivity contribution in [3.05, 3.63) is 35.4 Å². The molecule has 1 aromatic carbocycles. The maximum atomic E-state index is 5.95. The molecule has 0 amide bonds. The van der Waals surface area contributed by atoms with Gasteiger partial charge in [-0.3, -0.25) is 0 Å². The van der Waals surface area contributed by atoms with E-state index in [0.717, 1.165) is 6.42 Å². The second-order valence-electron chi connectivity index (χ2n) is 3.20. The van der Waals surface area contributed by atoms with Gasteiger partial charge in [0.1, 0.15) is 0 Å². The fraction of sp³-hybridized carbons (Fsp3) is 0.500. The van der Waals surface area contributed by atoms with Gasteiger partial charge in [0.2, 0.25) is 0 Å². The lowest BCUT2D eigenvalue weighted by Crippen LogP contribution is -2.16. The third kappa shape index (κ3) is 2.31. The van der Waals surface area contributed by atoms with Gasteiger partial charge in [0, 0.05) is 6.04 Å². The highest BCUT2D eigenvalue weighted by Crippen LogP contribution is 2.26. The first kappa shape index (κ1) is 12.2. The fourth-order valence-electron chi connectivity index (χ4n) is 1.79. The van der Waals surface area contributed by atoms with E-state index in [1.807, 2.05) is 0 Å². The largest absolute Gasteiger partial charge is 0.324 e. The molecule has 1 heteroatoms. The normalized spacial score (nSPS) is 19.3. The molecule has 0 saturated heterocycles. The van der Waals surface area contributed by atoms with Gasteiger partial charge in [-0.2, -0.15) is 0 Å². The number of fused-ring (bicyclic) bond motifs is 1. The second kappa shape index (κ2) is 5.03. The Balaban J connectivity index is 0.000000720. The summed E-state index contributed by atoms with van der Waals surface area (Å²) in [4.78, 5) is 0. The number of hydrogen-bond donors (Lipinski definition) is 1. The van der Waals surface area contributed by atoms with Crippen LogP contribution >= 0.6 is 0 Å². The minimum atomic E-state index is 0. The topological polar surface area (TPSA) is 26.0 Å². The summed E-state index contributed by atoms with van der Waals surface area (Å²) < 4.78 is 0. The van der Waals surface area contributed by atoms with Crippen molar-refractivity contribution >= 4 is 0 Å². The Bertz CT molecular complexity index is 255. The minimum Gasteiger partial charge on any atom is -0.324 e. The summed E-state index contributed by atoms with van der Waals surface area (Å²) in [5, 5.41) is 0. The summed E-state index contributed by atoms with van der Waals surface area (Å²) in [6.07, 6.45) is 3.61. The molecule has 1 atom stereocenters. The Labute approximate surface area is 82.0 Å². The molecule has 2 N–H and O–H groups in total. The van der Waals surface area contributed by atoms with E-state index >= 15 is 0 Å². The molecule has 0 saturated carbocycles. The highest BCUT2D eigenvalue weighted by atomic mass is 14.6. The van der Waals surface area contributed by atoms with Crippen LogP contribution in [0, 0.1) is 0 Å². The summed E-state index contributed by atoms with van der Waals surface area (Å²) in [5.41, 5.74) is 8.76. The zero-order valence-corrected chi connectivity index (χ0v) is 6.59. The Morgan fingerprint density at radius 2 is 1.85 bits per heavy atom. The lowest BCUT2D eigenvalue weighted by atomic mass is 9.88. The molecule has 1 aromatic rings. The molecule has 1 aliphatic carbocycles. The van der Waals surface area contributed by atoms with Gasteiger partial charge in [0.25, 0.3) is 0 Å². The maximum Gasteiger partial charge on any atom is 0.0297 e. The van der Waals surface area contributed by atoms with Crippen LogP contribution in [0.3, 0.4) is 0 Å². The van der Waals surface area contributed by atoms with Gasteiger partial charge in [-0.25, -0.2) is 0 Å². The number of nitrogens with two attached hydrogens (primary N) is 1. The minimum absolute atomic E-state index is 0. The van der Waals surface area contributed by atoms with Gasteiger partial charge in [-0.05, 0) is 30.4 Å². The number of aryl methyl sites for hydroxylation is 1. The van der Waals surface area contributed by atoms with Crippen LogP contribution in [-0.2, 0) is 6.42 Å². The molecule has 1 aliphatic rings. The molecule has 0 fully saturated rings. The number of hydrogen-bond acceptors (Lipinski definition) is 1. The van der Waals surface area contributed by atoms with Crippen LogP contribution in [0.1, 0.15) is 44.9 Å². The predicted molar refractivity (Wildman–Crippen MR) is 59.8 cm³/mol. The van der Waals surface area contributed by atoms with Gasteiger partial charge in [0.15, 0.2) is 0 Å². The molecule has 0 bridgehead atoms. The van der Waals surface area contributed by atoms with Crippen molar-refractivity contribution < 1.29 is 0 Å². The SMILES string of the molecule is C.C.NC1CCCc2ccccc21. The van der Waals surface area contributed by atoms with Crippen LogP contribution in [0.15, 0.2) is 24.3 Å². The quantitative estimate of drug-likeness (QED) is 0.649. The van der Waals surface area contributed by atoms with E-state index < -0.39 is 0 Å². The summed E-state index contributed by atoms with van der Waals surface area (Å²) in [6.45, 7) is 0. The average molecular weight is 179 g/mol. The van der Waals surface area contributed by atoms with Crippen LogP contribution < -0.4 is 5.73 Å². The third-order valence-corrected chi connectivity index (χ3v) is 2.42. The lowest BCUT2D eigenvalue weighted by molar-refractivity contribution is 0.570. The molecule has 1 unspecified atom stereocenters. The maximum absolute atomic E-state index is 5.95. The van der Waals surface area contributed by atoms with E-state index in [1.54, 1.807) is 0 Å². The highest BCUT2D eigenvalue weighted by Gasteiger charge is 2.14. The highest BCUT2D eigenvalue weighted by molar-refractivity contribution is 5.31. The van der Waals surface area contributed by atoms with Gasteiger partial charge < -0.3 is 5.73 Å². The van der Waals surface area contributed by atoms with E-state index in [4.69, 9.17) is 5.73 Å². The van der Waals surface area contributed by atoms with E-state index in [9.17, 15) is 0 Å². The lowest BCUT2D eigenvalue weighted by Gasteiger charge is -2.21. The average Bonchev–Trinajstić information content (AvgIpc) is 2.06. The molecule has 0 aromatic heterocycles. The van der Waals surface area contributed by atoms with Crippen LogP contribution in [-0.4, -0.2) is 0 Å². The molecule has 0 heterocycles. The van der Waals surface area contributed by atoms with Crippen molar-refractivity contribution in [3.8, 4) is 0 Å². The van der Waals surface area contributed by atoms with Crippen LogP contribution in [0.5, 0.6) is 0 Å². The number of rotatable bonds is 0. The van der Waals surface area contributed by atoms with Crippen LogP contribution in [0.25, 0.3) is 0 Å². The van der Waals surface area contributed by atoms with Crippen molar-refractivity contribution in [1.29, 1.82) is 0 Å². The van der Waals surface area contributed by atoms with E-state index in [-0.39, 0.29) is 14.9 Å². The molecule has 0 aliphatic heterocycles. The fourth-order valence-corrected chi connectivity index (χ4v) is 1.79. The smallest absolute Gasteiger partial charge is 0.0297 e.